The molecule has 2 aliphatic rings. The minimum Gasteiger partial charge on any atom is -0.396 e. The maximum atomic E-state index is 12.6. The lowest BCUT2D eigenvalue weighted by atomic mass is 9.86. The van der Waals surface area contributed by atoms with E-state index in [0.29, 0.717) is 16.7 Å². The zero-order valence-corrected chi connectivity index (χ0v) is 13.4. The van der Waals surface area contributed by atoms with E-state index in [-0.39, 0.29) is 18.6 Å². The standard InChI is InChI=1S/C14H21NO3S2/c1-8-5-13(9(2)19-8)20(17,18)15-14-11-4-3-10(6-11)12(14)7-16/h5,10-12,14-16H,3-4,6-7H2,1-2H3. The van der Waals surface area contributed by atoms with Gasteiger partial charge in [-0.25, -0.2) is 13.1 Å². The van der Waals surface area contributed by atoms with Crippen molar-refractivity contribution in [1.29, 1.82) is 0 Å². The molecule has 4 unspecified atom stereocenters. The molecule has 1 aromatic heterocycles. The van der Waals surface area contributed by atoms with Gasteiger partial charge in [-0.3, -0.25) is 0 Å². The van der Waals surface area contributed by atoms with Gasteiger partial charge in [0.1, 0.15) is 0 Å². The summed E-state index contributed by atoms with van der Waals surface area (Å²) in [5.74, 6) is 0.971. The Morgan fingerprint density at radius 2 is 2.05 bits per heavy atom. The van der Waals surface area contributed by atoms with Gasteiger partial charge in [-0.2, -0.15) is 0 Å². The van der Waals surface area contributed by atoms with E-state index in [9.17, 15) is 13.5 Å². The average molecular weight is 315 g/mol. The summed E-state index contributed by atoms with van der Waals surface area (Å²) < 4.78 is 28.0. The van der Waals surface area contributed by atoms with Crippen LogP contribution in [-0.4, -0.2) is 26.2 Å². The normalized spacial score (nSPS) is 33.0. The van der Waals surface area contributed by atoms with E-state index < -0.39 is 10.0 Å². The first kappa shape index (κ1) is 14.5. The zero-order chi connectivity index (χ0) is 14.5. The molecule has 0 saturated heterocycles. The van der Waals surface area contributed by atoms with Gasteiger partial charge in [0.05, 0.1) is 4.90 Å². The molecule has 112 valence electrons. The second-order valence-corrected chi connectivity index (χ2v) is 9.25. The predicted molar refractivity (Wildman–Crippen MR) is 79.3 cm³/mol. The van der Waals surface area contributed by atoms with Crippen molar-refractivity contribution in [2.24, 2.45) is 17.8 Å². The molecule has 2 N–H and O–H groups in total. The molecule has 2 bridgehead atoms. The first-order valence-corrected chi connectivity index (χ1v) is 9.42. The molecule has 1 heterocycles. The molecule has 2 aliphatic carbocycles. The molecule has 0 amide bonds. The first-order chi connectivity index (χ1) is 9.42. The monoisotopic (exact) mass is 315 g/mol. The number of sulfonamides is 1. The van der Waals surface area contributed by atoms with Crippen LogP contribution in [-0.2, 0) is 10.0 Å². The van der Waals surface area contributed by atoms with Crippen molar-refractivity contribution >= 4 is 21.4 Å². The number of hydrogen-bond acceptors (Lipinski definition) is 4. The fourth-order valence-electron chi connectivity index (χ4n) is 3.97. The van der Waals surface area contributed by atoms with Crippen molar-refractivity contribution in [3.63, 3.8) is 0 Å². The largest absolute Gasteiger partial charge is 0.396 e. The van der Waals surface area contributed by atoms with E-state index in [0.717, 1.165) is 29.0 Å². The number of hydrogen-bond donors (Lipinski definition) is 2. The van der Waals surface area contributed by atoms with Gasteiger partial charge in [0.15, 0.2) is 0 Å². The van der Waals surface area contributed by atoms with E-state index in [1.165, 1.54) is 11.3 Å². The fraction of sp³-hybridized carbons (Fsp3) is 0.714. The average Bonchev–Trinajstić information content (AvgIpc) is 3.03. The highest BCUT2D eigenvalue weighted by Gasteiger charge is 2.48. The highest BCUT2D eigenvalue weighted by atomic mass is 32.2. The van der Waals surface area contributed by atoms with Gasteiger partial charge in [0, 0.05) is 28.3 Å². The van der Waals surface area contributed by atoms with Gasteiger partial charge < -0.3 is 5.11 Å². The van der Waals surface area contributed by atoms with Crippen molar-refractivity contribution in [1.82, 2.24) is 4.72 Å². The molecule has 6 heteroatoms. The van der Waals surface area contributed by atoms with Crippen LogP contribution in [0.2, 0.25) is 0 Å². The minimum atomic E-state index is -3.47. The van der Waals surface area contributed by atoms with E-state index in [1.54, 1.807) is 6.07 Å². The SMILES string of the molecule is Cc1cc(S(=O)(=O)NC2C3CCC(C3)C2CO)c(C)s1. The molecule has 2 fully saturated rings. The van der Waals surface area contributed by atoms with Crippen molar-refractivity contribution in [3.05, 3.63) is 15.8 Å². The third kappa shape index (κ3) is 2.32. The number of rotatable bonds is 4. The fourth-order valence-corrected chi connectivity index (χ4v) is 6.88. The summed E-state index contributed by atoms with van der Waals surface area (Å²) in [6.45, 7) is 3.84. The molecule has 1 aromatic rings. The summed E-state index contributed by atoms with van der Waals surface area (Å²) in [4.78, 5) is 2.24. The van der Waals surface area contributed by atoms with Crippen molar-refractivity contribution in [3.8, 4) is 0 Å². The Hall–Kier alpha value is -0.430. The topological polar surface area (TPSA) is 66.4 Å². The van der Waals surface area contributed by atoms with E-state index in [4.69, 9.17) is 0 Å². The van der Waals surface area contributed by atoms with Crippen molar-refractivity contribution in [2.75, 3.05) is 6.61 Å². The maximum Gasteiger partial charge on any atom is 0.241 e. The second kappa shape index (κ2) is 5.09. The van der Waals surface area contributed by atoms with Gasteiger partial charge >= 0.3 is 0 Å². The molecule has 3 rings (SSSR count). The molecule has 4 nitrogen and oxygen atoms in total. The number of aryl methyl sites for hydroxylation is 2. The summed E-state index contributed by atoms with van der Waals surface area (Å²) >= 11 is 1.51. The Labute approximate surface area is 124 Å². The van der Waals surface area contributed by atoms with Crippen molar-refractivity contribution in [2.45, 2.75) is 44.0 Å². The van der Waals surface area contributed by atoms with Gasteiger partial charge in [0.25, 0.3) is 0 Å². The van der Waals surface area contributed by atoms with Crippen LogP contribution >= 0.6 is 11.3 Å². The zero-order valence-electron chi connectivity index (χ0n) is 11.8. The lowest BCUT2D eigenvalue weighted by Gasteiger charge is -2.30. The van der Waals surface area contributed by atoms with E-state index in [2.05, 4.69) is 4.72 Å². The van der Waals surface area contributed by atoms with Gasteiger partial charge in [0.2, 0.25) is 10.0 Å². The Balaban J connectivity index is 1.85. The maximum absolute atomic E-state index is 12.6. The number of aliphatic hydroxyl groups excluding tert-OH is 1. The third-order valence-corrected chi connectivity index (χ3v) is 7.56. The molecule has 0 aliphatic heterocycles. The summed E-state index contributed by atoms with van der Waals surface area (Å²) in [5.41, 5.74) is 0. The molecular formula is C14H21NO3S2. The minimum absolute atomic E-state index is 0.0794. The number of fused-ring (bicyclic) bond motifs is 2. The molecule has 20 heavy (non-hydrogen) atoms. The molecule has 2 saturated carbocycles. The molecule has 4 atom stereocenters. The number of thiophene rings is 1. The smallest absolute Gasteiger partial charge is 0.241 e. The van der Waals surface area contributed by atoms with Crippen LogP contribution in [0.4, 0.5) is 0 Å². The highest BCUT2D eigenvalue weighted by Crippen LogP contribution is 2.48. The van der Waals surface area contributed by atoms with Crippen LogP contribution in [0.5, 0.6) is 0 Å². The quantitative estimate of drug-likeness (QED) is 0.893. The van der Waals surface area contributed by atoms with E-state index in [1.807, 2.05) is 13.8 Å². The van der Waals surface area contributed by atoms with Crippen LogP contribution in [0.3, 0.4) is 0 Å². The summed E-state index contributed by atoms with van der Waals surface area (Å²) in [6, 6.07) is 1.65. The molecule has 0 aromatic carbocycles. The molecule has 0 spiro atoms. The van der Waals surface area contributed by atoms with Crippen LogP contribution < -0.4 is 4.72 Å². The van der Waals surface area contributed by atoms with Crippen molar-refractivity contribution < 1.29 is 13.5 Å². The highest BCUT2D eigenvalue weighted by molar-refractivity contribution is 7.89. The second-order valence-electron chi connectivity index (χ2n) is 6.10. The number of nitrogens with one attached hydrogen (secondary N) is 1. The predicted octanol–water partition coefficient (Wildman–Crippen LogP) is 2.05. The van der Waals surface area contributed by atoms with Gasteiger partial charge in [-0.15, -0.1) is 11.3 Å². The van der Waals surface area contributed by atoms with Crippen LogP contribution in [0.1, 0.15) is 29.0 Å². The summed E-state index contributed by atoms with van der Waals surface area (Å²) in [6.07, 6.45) is 3.26. The van der Waals surface area contributed by atoms with E-state index >= 15 is 0 Å². The van der Waals surface area contributed by atoms with Gasteiger partial charge in [-0.1, -0.05) is 0 Å². The molecular weight excluding hydrogens is 294 g/mol. The van der Waals surface area contributed by atoms with Gasteiger partial charge in [-0.05, 0) is 51.0 Å². The Morgan fingerprint density at radius 3 is 2.65 bits per heavy atom. The Kier molecular flexibility index (Phi) is 3.69. The lowest BCUT2D eigenvalue weighted by molar-refractivity contribution is 0.153. The number of aliphatic hydroxyl groups is 1. The van der Waals surface area contributed by atoms with Crippen LogP contribution in [0, 0.1) is 31.6 Å². The molecule has 0 radical (unpaired) electrons. The Bertz CT molecular complexity index is 608. The lowest BCUT2D eigenvalue weighted by Crippen LogP contribution is -2.45. The first-order valence-electron chi connectivity index (χ1n) is 7.12. The Morgan fingerprint density at radius 1 is 1.35 bits per heavy atom. The third-order valence-electron chi connectivity index (χ3n) is 4.88. The summed E-state index contributed by atoms with van der Waals surface area (Å²) in [7, 11) is -3.47. The van der Waals surface area contributed by atoms with Crippen LogP contribution in [0.15, 0.2) is 11.0 Å². The summed E-state index contributed by atoms with van der Waals surface area (Å²) in [5, 5.41) is 9.55. The van der Waals surface area contributed by atoms with Crippen LogP contribution in [0.25, 0.3) is 0 Å².